The van der Waals surface area contributed by atoms with Gasteiger partial charge in [0, 0.05) is 12.1 Å². The van der Waals surface area contributed by atoms with Crippen molar-refractivity contribution in [1.29, 1.82) is 0 Å². The summed E-state index contributed by atoms with van der Waals surface area (Å²) in [5.41, 5.74) is 0.342. The van der Waals surface area contributed by atoms with Crippen LogP contribution in [0.25, 0.3) is 0 Å². The molecule has 0 aromatic heterocycles. The number of ether oxygens (including phenoxy) is 2. The number of methoxy groups -OCH3 is 1. The summed E-state index contributed by atoms with van der Waals surface area (Å²) >= 11 is 0. The van der Waals surface area contributed by atoms with E-state index < -0.39 is 0 Å². The van der Waals surface area contributed by atoms with Gasteiger partial charge in [0.1, 0.15) is 0 Å². The number of benzene rings is 1. The molecule has 3 nitrogen and oxygen atoms in total. The Morgan fingerprint density at radius 1 is 1.44 bits per heavy atom. The van der Waals surface area contributed by atoms with E-state index in [-0.39, 0.29) is 23.8 Å². The molecule has 0 saturated carbocycles. The van der Waals surface area contributed by atoms with Crippen LogP contribution in [0.4, 0.5) is 4.39 Å². The zero-order chi connectivity index (χ0) is 13.0. The van der Waals surface area contributed by atoms with Gasteiger partial charge in [0.2, 0.25) is 0 Å². The molecule has 18 heavy (non-hydrogen) atoms. The molecular formula is C14H20FNO2. The fraction of sp³-hybridized carbons (Fsp3) is 0.571. The van der Waals surface area contributed by atoms with Crippen molar-refractivity contribution in [2.75, 3.05) is 20.2 Å². The van der Waals surface area contributed by atoms with Crippen LogP contribution in [0.1, 0.15) is 25.3 Å². The van der Waals surface area contributed by atoms with Gasteiger partial charge in [0.05, 0.1) is 19.3 Å². The van der Waals surface area contributed by atoms with Crippen molar-refractivity contribution in [2.24, 2.45) is 0 Å². The van der Waals surface area contributed by atoms with E-state index >= 15 is 0 Å². The quantitative estimate of drug-likeness (QED) is 0.894. The molecule has 4 heteroatoms. The van der Waals surface area contributed by atoms with Crippen LogP contribution in [0.15, 0.2) is 18.2 Å². The zero-order valence-electron chi connectivity index (χ0n) is 11.0. The minimum atomic E-state index is -0.327. The SMILES string of the molecule is COc1cccc(COC2(C)CCCNC2)c1F. The zero-order valence-corrected chi connectivity index (χ0v) is 11.0. The summed E-state index contributed by atoms with van der Waals surface area (Å²) in [5.74, 6) is -0.0598. The molecule has 100 valence electrons. The second-order valence-electron chi connectivity index (χ2n) is 4.95. The fourth-order valence-corrected chi connectivity index (χ4v) is 2.23. The highest BCUT2D eigenvalue weighted by Crippen LogP contribution is 2.25. The van der Waals surface area contributed by atoms with Gasteiger partial charge in [0.15, 0.2) is 11.6 Å². The first kappa shape index (κ1) is 13.3. The molecule has 0 aliphatic carbocycles. The number of halogens is 1. The highest BCUT2D eigenvalue weighted by Gasteiger charge is 2.27. The van der Waals surface area contributed by atoms with Crippen LogP contribution in [0.3, 0.4) is 0 Å². The summed E-state index contributed by atoms with van der Waals surface area (Å²) in [5, 5.41) is 3.31. The van der Waals surface area contributed by atoms with E-state index in [4.69, 9.17) is 9.47 Å². The molecule has 1 atom stereocenters. The van der Waals surface area contributed by atoms with E-state index in [2.05, 4.69) is 12.2 Å². The first-order chi connectivity index (χ1) is 8.64. The molecule has 1 heterocycles. The summed E-state index contributed by atoms with van der Waals surface area (Å²) in [4.78, 5) is 0. The van der Waals surface area contributed by atoms with Gasteiger partial charge in [-0.15, -0.1) is 0 Å². The molecule has 1 saturated heterocycles. The Morgan fingerprint density at radius 3 is 2.94 bits per heavy atom. The summed E-state index contributed by atoms with van der Waals surface area (Å²) < 4.78 is 24.8. The van der Waals surface area contributed by atoms with Crippen molar-refractivity contribution in [2.45, 2.75) is 32.0 Å². The Labute approximate surface area is 107 Å². The van der Waals surface area contributed by atoms with Crippen molar-refractivity contribution in [3.8, 4) is 5.75 Å². The van der Waals surface area contributed by atoms with Gasteiger partial charge in [-0.25, -0.2) is 4.39 Å². The molecule has 1 unspecified atom stereocenters. The van der Waals surface area contributed by atoms with Gasteiger partial charge in [-0.1, -0.05) is 12.1 Å². The van der Waals surface area contributed by atoms with E-state index in [1.165, 1.54) is 7.11 Å². The lowest BCUT2D eigenvalue weighted by molar-refractivity contribution is -0.0580. The van der Waals surface area contributed by atoms with E-state index in [0.29, 0.717) is 5.56 Å². The number of hydrogen-bond acceptors (Lipinski definition) is 3. The van der Waals surface area contributed by atoms with E-state index in [1.54, 1.807) is 18.2 Å². The predicted molar refractivity (Wildman–Crippen MR) is 68.2 cm³/mol. The third kappa shape index (κ3) is 3.00. The second kappa shape index (κ2) is 5.67. The minimum absolute atomic E-state index is 0.201. The minimum Gasteiger partial charge on any atom is -0.494 e. The van der Waals surface area contributed by atoms with Gasteiger partial charge >= 0.3 is 0 Å². The second-order valence-corrected chi connectivity index (χ2v) is 4.95. The van der Waals surface area contributed by atoms with Crippen LogP contribution in [0.2, 0.25) is 0 Å². The Bertz CT molecular complexity index is 403. The van der Waals surface area contributed by atoms with E-state index in [1.807, 2.05) is 0 Å². The molecule has 1 aromatic carbocycles. The number of nitrogens with one attached hydrogen (secondary N) is 1. The summed E-state index contributed by atoms with van der Waals surface area (Å²) in [6.07, 6.45) is 2.10. The van der Waals surface area contributed by atoms with Gasteiger partial charge in [-0.2, -0.15) is 0 Å². The fourth-order valence-electron chi connectivity index (χ4n) is 2.23. The normalized spacial score (nSPS) is 23.9. The highest BCUT2D eigenvalue weighted by atomic mass is 19.1. The molecule has 1 fully saturated rings. The monoisotopic (exact) mass is 253 g/mol. The standard InChI is InChI=1S/C14H20FNO2/c1-14(7-4-8-16-10-14)18-9-11-5-3-6-12(17-2)13(11)15/h3,5-6,16H,4,7-10H2,1-2H3. The molecule has 0 radical (unpaired) electrons. The predicted octanol–water partition coefficient (Wildman–Crippen LogP) is 2.49. The van der Waals surface area contributed by atoms with Crippen molar-refractivity contribution >= 4 is 0 Å². The molecule has 2 rings (SSSR count). The Hall–Kier alpha value is -1.13. The topological polar surface area (TPSA) is 30.5 Å². The van der Waals surface area contributed by atoms with Crippen LogP contribution in [-0.4, -0.2) is 25.8 Å². The van der Waals surface area contributed by atoms with E-state index in [9.17, 15) is 4.39 Å². The largest absolute Gasteiger partial charge is 0.494 e. The summed E-state index contributed by atoms with van der Waals surface area (Å²) in [7, 11) is 1.47. The third-order valence-corrected chi connectivity index (χ3v) is 3.40. The van der Waals surface area contributed by atoms with Crippen LogP contribution >= 0.6 is 0 Å². The average molecular weight is 253 g/mol. The Kier molecular flexibility index (Phi) is 4.19. The maximum atomic E-state index is 13.9. The highest BCUT2D eigenvalue weighted by molar-refractivity contribution is 5.30. The molecule has 1 aliphatic heterocycles. The number of hydrogen-bond donors (Lipinski definition) is 1. The van der Waals surface area contributed by atoms with Crippen LogP contribution in [-0.2, 0) is 11.3 Å². The average Bonchev–Trinajstić information content (AvgIpc) is 2.38. The lowest BCUT2D eigenvalue weighted by Crippen LogP contribution is -2.45. The molecule has 1 N–H and O–H groups in total. The van der Waals surface area contributed by atoms with Crippen LogP contribution in [0.5, 0.6) is 5.75 Å². The van der Waals surface area contributed by atoms with Crippen LogP contribution in [0, 0.1) is 5.82 Å². The lowest BCUT2D eigenvalue weighted by Gasteiger charge is -2.34. The van der Waals surface area contributed by atoms with Gasteiger partial charge in [-0.05, 0) is 32.4 Å². The maximum Gasteiger partial charge on any atom is 0.170 e. The first-order valence-electron chi connectivity index (χ1n) is 6.31. The molecule has 0 amide bonds. The molecule has 1 aromatic rings. The first-order valence-corrected chi connectivity index (χ1v) is 6.31. The molecular weight excluding hydrogens is 233 g/mol. The van der Waals surface area contributed by atoms with Crippen molar-refractivity contribution in [3.63, 3.8) is 0 Å². The Morgan fingerprint density at radius 2 is 2.28 bits per heavy atom. The number of piperidine rings is 1. The van der Waals surface area contributed by atoms with Gasteiger partial charge in [-0.3, -0.25) is 0 Å². The Balaban J connectivity index is 2.01. The van der Waals surface area contributed by atoms with Crippen molar-refractivity contribution < 1.29 is 13.9 Å². The molecule has 0 bridgehead atoms. The van der Waals surface area contributed by atoms with Crippen LogP contribution < -0.4 is 10.1 Å². The van der Waals surface area contributed by atoms with Gasteiger partial charge < -0.3 is 14.8 Å². The molecule has 0 spiro atoms. The third-order valence-electron chi connectivity index (χ3n) is 3.40. The van der Waals surface area contributed by atoms with Crippen molar-refractivity contribution in [3.05, 3.63) is 29.6 Å². The van der Waals surface area contributed by atoms with Crippen molar-refractivity contribution in [1.82, 2.24) is 5.32 Å². The maximum absolute atomic E-state index is 13.9. The summed E-state index contributed by atoms with van der Waals surface area (Å²) in [6, 6.07) is 5.13. The van der Waals surface area contributed by atoms with Gasteiger partial charge in [0.25, 0.3) is 0 Å². The lowest BCUT2D eigenvalue weighted by atomic mass is 9.96. The van der Waals surface area contributed by atoms with E-state index in [0.717, 1.165) is 25.9 Å². The summed E-state index contributed by atoms with van der Waals surface area (Å²) in [6.45, 7) is 4.20. The molecule has 1 aliphatic rings. The number of rotatable bonds is 4. The smallest absolute Gasteiger partial charge is 0.170 e.